The van der Waals surface area contributed by atoms with Crippen LogP contribution in [0, 0.1) is 12.8 Å². The largest absolute Gasteiger partial charge is 0.481 e. The van der Waals surface area contributed by atoms with E-state index in [1.54, 1.807) is 19.1 Å². The van der Waals surface area contributed by atoms with Crippen LogP contribution in [0.5, 0.6) is 5.75 Å². The van der Waals surface area contributed by atoms with Gasteiger partial charge in [-0.15, -0.1) is 0 Å². The number of ether oxygens (including phenoxy) is 1. The summed E-state index contributed by atoms with van der Waals surface area (Å²) in [5.74, 6) is 1.24. The second kappa shape index (κ2) is 9.53. The van der Waals surface area contributed by atoms with E-state index in [0.29, 0.717) is 10.8 Å². The third-order valence-electron chi connectivity index (χ3n) is 5.59. The molecule has 5 heteroatoms. The summed E-state index contributed by atoms with van der Waals surface area (Å²) in [4.78, 5) is 15.0. The molecule has 3 atom stereocenters. The van der Waals surface area contributed by atoms with E-state index >= 15 is 0 Å². The maximum absolute atomic E-state index is 12.6. The lowest BCUT2D eigenvalue weighted by Gasteiger charge is -2.33. The van der Waals surface area contributed by atoms with Crippen molar-refractivity contribution < 1.29 is 9.53 Å². The number of halogens is 1. The maximum atomic E-state index is 12.6. The number of carbonyl (C=O) groups excluding carboxylic acids is 1. The molecule has 4 nitrogen and oxygen atoms in total. The Morgan fingerprint density at radius 1 is 1.21 bits per heavy atom. The number of hydrogen-bond acceptors (Lipinski definition) is 3. The molecule has 156 valence electrons. The summed E-state index contributed by atoms with van der Waals surface area (Å²) >= 11 is 6.05. The first-order chi connectivity index (χ1) is 13.8. The fourth-order valence-corrected chi connectivity index (χ4v) is 3.88. The molecule has 0 unspecified atom stereocenters. The lowest BCUT2D eigenvalue weighted by atomic mass is 9.99. The monoisotopic (exact) mass is 414 g/mol. The van der Waals surface area contributed by atoms with Gasteiger partial charge in [-0.3, -0.25) is 4.79 Å². The molecule has 0 radical (unpaired) electrons. The topological polar surface area (TPSA) is 41.6 Å². The third kappa shape index (κ3) is 5.66. The van der Waals surface area contributed by atoms with E-state index in [2.05, 4.69) is 41.4 Å². The van der Waals surface area contributed by atoms with Crippen LogP contribution in [0.2, 0.25) is 5.02 Å². The van der Waals surface area contributed by atoms with E-state index in [1.165, 1.54) is 18.5 Å². The zero-order valence-electron chi connectivity index (χ0n) is 17.7. The van der Waals surface area contributed by atoms with Gasteiger partial charge < -0.3 is 15.0 Å². The second-order valence-electron chi connectivity index (χ2n) is 8.19. The molecule has 1 saturated heterocycles. The molecule has 1 amide bonds. The van der Waals surface area contributed by atoms with Crippen LogP contribution in [0.25, 0.3) is 0 Å². The number of carbonyl (C=O) groups is 1. The number of nitrogens with zero attached hydrogens (tertiary/aromatic N) is 1. The van der Waals surface area contributed by atoms with Gasteiger partial charge in [-0.25, -0.2) is 0 Å². The highest BCUT2D eigenvalue weighted by molar-refractivity contribution is 6.31. The SMILES string of the molecule is Cc1cc(O[C@H](C)C(=O)N[C@H](C)c2ccc(N3CCC[C@H](C)C3)cc2)ccc1Cl. The fraction of sp³-hybridized carbons (Fsp3) is 0.458. The van der Waals surface area contributed by atoms with Crippen molar-refractivity contribution in [2.45, 2.75) is 52.7 Å². The Hall–Kier alpha value is -2.20. The van der Waals surface area contributed by atoms with Gasteiger partial charge in [0.25, 0.3) is 5.91 Å². The number of nitrogens with one attached hydrogen (secondary N) is 1. The van der Waals surface area contributed by atoms with E-state index in [1.807, 2.05) is 19.9 Å². The molecule has 1 N–H and O–H groups in total. The van der Waals surface area contributed by atoms with Crippen LogP contribution in [0.1, 0.15) is 50.8 Å². The van der Waals surface area contributed by atoms with Gasteiger partial charge >= 0.3 is 0 Å². The summed E-state index contributed by atoms with van der Waals surface area (Å²) < 4.78 is 5.78. The van der Waals surface area contributed by atoms with Crippen LogP contribution in [0.3, 0.4) is 0 Å². The van der Waals surface area contributed by atoms with Gasteiger partial charge in [-0.2, -0.15) is 0 Å². The average Bonchev–Trinajstić information content (AvgIpc) is 2.70. The van der Waals surface area contributed by atoms with E-state index in [9.17, 15) is 4.79 Å². The molecule has 1 aliphatic rings. The van der Waals surface area contributed by atoms with Crippen molar-refractivity contribution in [1.29, 1.82) is 0 Å². The summed E-state index contributed by atoms with van der Waals surface area (Å²) in [6.07, 6.45) is 1.97. The predicted molar refractivity (Wildman–Crippen MR) is 120 cm³/mol. The minimum Gasteiger partial charge on any atom is -0.481 e. The molecule has 0 spiro atoms. The third-order valence-corrected chi connectivity index (χ3v) is 6.01. The van der Waals surface area contributed by atoms with Crippen molar-refractivity contribution in [2.24, 2.45) is 5.92 Å². The summed E-state index contributed by atoms with van der Waals surface area (Å²) in [6.45, 7) is 10.2. The summed E-state index contributed by atoms with van der Waals surface area (Å²) in [5.41, 5.74) is 3.27. The quantitative estimate of drug-likeness (QED) is 0.675. The number of rotatable bonds is 6. The minimum absolute atomic E-state index is 0.0881. The molecule has 0 aliphatic carbocycles. The van der Waals surface area contributed by atoms with Gasteiger partial charge in [-0.1, -0.05) is 30.7 Å². The average molecular weight is 415 g/mol. The molecule has 0 aromatic heterocycles. The zero-order valence-corrected chi connectivity index (χ0v) is 18.5. The summed E-state index contributed by atoms with van der Waals surface area (Å²) in [5, 5.41) is 3.73. The molecule has 0 saturated carbocycles. The van der Waals surface area contributed by atoms with Gasteiger partial charge in [0, 0.05) is 23.8 Å². The molecule has 1 aliphatic heterocycles. The number of piperidine rings is 1. The van der Waals surface area contributed by atoms with Crippen molar-refractivity contribution in [3.8, 4) is 5.75 Å². The lowest BCUT2D eigenvalue weighted by Crippen LogP contribution is -2.37. The van der Waals surface area contributed by atoms with Crippen LogP contribution in [-0.2, 0) is 4.79 Å². The minimum atomic E-state index is -0.591. The molecule has 1 heterocycles. The number of aryl methyl sites for hydroxylation is 1. The van der Waals surface area contributed by atoms with Crippen LogP contribution >= 0.6 is 11.6 Å². The van der Waals surface area contributed by atoms with Gasteiger partial charge in [-0.05, 0) is 81.0 Å². The van der Waals surface area contributed by atoms with Crippen molar-refractivity contribution in [3.05, 3.63) is 58.6 Å². The molecular formula is C24H31ClN2O2. The first-order valence-corrected chi connectivity index (χ1v) is 10.8. The Morgan fingerprint density at radius 3 is 2.59 bits per heavy atom. The van der Waals surface area contributed by atoms with Crippen molar-refractivity contribution >= 4 is 23.2 Å². The molecule has 2 aromatic rings. The van der Waals surface area contributed by atoms with Crippen LogP contribution in [0.15, 0.2) is 42.5 Å². The standard InChI is InChI=1S/C24H31ClN2O2/c1-16-6-5-13-27(15-16)21-9-7-20(8-10-21)18(3)26-24(28)19(4)29-22-11-12-23(25)17(2)14-22/h7-12,14,16,18-19H,5-6,13,15H2,1-4H3,(H,26,28)/t16-,18+,19+/m0/s1. The first kappa shape index (κ1) is 21.5. The maximum Gasteiger partial charge on any atom is 0.261 e. The molecule has 1 fully saturated rings. The van der Waals surface area contributed by atoms with E-state index in [-0.39, 0.29) is 11.9 Å². The highest BCUT2D eigenvalue weighted by Crippen LogP contribution is 2.25. The molecule has 2 aromatic carbocycles. The Kier molecular flexibility index (Phi) is 7.07. The van der Waals surface area contributed by atoms with E-state index in [0.717, 1.165) is 30.1 Å². The van der Waals surface area contributed by atoms with Crippen LogP contribution in [0.4, 0.5) is 5.69 Å². The van der Waals surface area contributed by atoms with E-state index < -0.39 is 6.10 Å². The smallest absolute Gasteiger partial charge is 0.261 e. The second-order valence-corrected chi connectivity index (χ2v) is 8.59. The van der Waals surface area contributed by atoms with Crippen molar-refractivity contribution in [1.82, 2.24) is 5.32 Å². The normalized spacial score (nSPS) is 18.8. The number of hydrogen-bond donors (Lipinski definition) is 1. The molecular weight excluding hydrogens is 384 g/mol. The lowest BCUT2D eigenvalue weighted by molar-refractivity contribution is -0.127. The van der Waals surface area contributed by atoms with Gasteiger partial charge in [0.15, 0.2) is 6.10 Å². The number of amides is 1. The summed E-state index contributed by atoms with van der Waals surface area (Å²) in [7, 11) is 0. The first-order valence-electron chi connectivity index (χ1n) is 10.4. The van der Waals surface area contributed by atoms with Gasteiger partial charge in [0.05, 0.1) is 6.04 Å². The molecule has 3 rings (SSSR count). The van der Waals surface area contributed by atoms with Crippen molar-refractivity contribution in [2.75, 3.05) is 18.0 Å². The number of anilines is 1. The van der Waals surface area contributed by atoms with Gasteiger partial charge in [0.1, 0.15) is 5.75 Å². The van der Waals surface area contributed by atoms with E-state index in [4.69, 9.17) is 16.3 Å². The predicted octanol–water partition coefficient (Wildman–Crippen LogP) is 5.53. The fourth-order valence-electron chi connectivity index (χ4n) is 3.76. The van der Waals surface area contributed by atoms with Crippen LogP contribution < -0.4 is 15.0 Å². The Bertz CT molecular complexity index is 837. The molecule has 0 bridgehead atoms. The van der Waals surface area contributed by atoms with Gasteiger partial charge in [0.2, 0.25) is 0 Å². The highest BCUT2D eigenvalue weighted by Gasteiger charge is 2.19. The van der Waals surface area contributed by atoms with Crippen LogP contribution in [-0.4, -0.2) is 25.1 Å². The highest BCUT2D eigenvalue weighted by atomic mass is 35.5. The Morgan fingerprint density at radius 2 is 1.93 bits per heavy atom. The Balaban J connectivity index is 1.56. The molecule has 29 heavy (non-hydrogen) atoms. The summed E-state index contributed by atoms with van der Waals surface area (Å²) in [6, 6.07) is 13.8. The van der Waals surface area contributed by atoms with Crippen molar-refractivity contribution in [3.63, 3.8) is 0 Å². The number of benzene rings is 2. The zero-order chi connectivity index (χ0) is 21.0. The Labute approximate surface area is 179 Å².